The number of hydrogen-bond acceptors (Lipinski definition) is 3. The molecule has 142 valence electrons. The molecular formula is C21H23FN2O3. The number of rotatable bonds is 2. The second-order valence-electron chi connectivity index (χ2n) is 7.73. The molecule has 1 aliphatic heterocycles. The third kappa shape index (κ3) is 3.48. The van der Waals surface area contributed by atoms with Gasteiger partial charge in [-0.05, 0) is 55.4 Å². The molecule has 4 rings (SSSR count). The molecule has 1 saturated heterocycles. The normalized spacial score (nSPS) is 18.4. The average molecular weight is 370 g/mol. The van der Waals surface area contributed by atoms with Gasteiger partial charge in [0.2, 0.25) is 0 Å². The number of ketones is 1. The number of likely N-dealkylation sites (tertiary alicyclic amines) is 1. The molecule has 0 atom stereocenters. The minimum Gasteiger partial charge on any atom is -0.469 e. The van der Waals surface area contributed by atoms with Gasteiger partial charge >= 0.3 is 6.03 Å². The Kier molecular flexibility index (Phi) is 4.50. The third-order valence-electron chi connectivity index (χ3n) is 5.98. The van der Waals surface area contributed by atoms with Crippen LogP contribution in [0.15, 0.2) is 34.9 Å². The molecule has 1 aromatic carbocycles. The van der Waals surface area contributed by atoms with Crippen molar-refractivity contribution in [3.05, 3.63) is 58.8 Å². The van der Waals surface area contributed by atoms with Crippen LogP contribution >= 0.6 is 0 Å². The Bertz CT molecular complexity index is 881. The van der Waals surface area contributed by atoms with Crippen LogP contribution in [0.1, 0.15) is 46.5 Å². The van der Waals surface area contributed by atoms with Crippen LogP contribution in [0.25, 0.3) is 0 Å². The van der Waals surface area contributed by atoms with E-state index >= 15 is 0 Å². The first-order valence-corrected chi connectivity index (χ1v) is 9.33. The molecule has 2 heterocycles. The maximum Gasteiger partial charge on any atom is 0.317 e. The highest BCUT2D eigenvalue weighted by Gasteiger charge is 2.41. The standard InChI is InChI=1S/C21H23FN2O3/c1-14-16(4-9-27-14)13-23-20(26)24-7-5-21(6-8-24)11-15-2-3-17(22)10-18(15)19(25)12-21/h2-4,9-10H,5-8,11-13H2,1H3,(H,23,26). The monoisotopic (exact) mass is 370 g/mol. The molecule has 27 heavy (non-hydrogen) atoms. The summed E-state index contributed by atoms with van der Waals surface area (Å²) >= 11 is 0. The van der Waals surface area contributed by atoms with Crippen molar-refractivity contribution in [3.8, 4) is 0 Å². The van der Waals surface area contributed by atoms with Crippen LogP contribution in [0.2, 0.25) is 0 Å². The molecule has 2 aromatic rings. The van der Waals surface area contributed by atoms with Crippen LogP contribution in [0.5, 0.6) is 0 Å². The largest absolute Gasteiger partial charge is 0.469 e. The zero-order valence-corrected chi connectivity index (χ0v) is 15.4. The zero-order chi connectivity index (χ0) is 19.0. The SMILES string of the molecule is Cc1occc1CNC(=O)N1CCC2(CC1)CC(=O)c1cc(F)ccc1C2. The number of nitrogens with one attached hydrogen (secondary N) is 1. The maximum absolute atomic E-state index is 13.4. The summed E-state index contributed by atoms with van der Waals surface area (Å²) in [5.74, 6) is 0.463. The van der Waals surface area contributed by atoms with Crippen molar-refractivity contribution >= 4 is 11.8 Å². The van der Waals surface area contributed by atoms with E-state index < -0.39 is 0 Å². The van der Waals surface area contributed by atoms with Crippen molar-refractivity contribution in [2.75, 3.05) is 13.1 Å². The smallest absolute Gasteiger partial charge is 0.317 e. The summed E-state index contributed by atoms with van der Waals surface area (Å²) in [6.45, 7) is 3.57. The molecule has 1 fully saturated rings. The minimum atomic E-state index is -0.364. The van der Waals surface area contributed by atoms with Crippen LogP contribution in [0.4, 0.5) is 9.18 Å². The van der Waals surface area contributed by atoms with Crippen molar-refractivity contribution < 1.29 is 18.4 Å². The highest BCUT2D eigenvalue weighted by atomic mass is 19.1. The molecule has 1 aromatic heterocycles. The number of benzene rings is 1. The lowest BCUT2D eigenvalue weighted by molar-refractivity contribution is 0.0735. The van der Waals surface area contributed by atoms with Gasteiger partial charge < -0.3 is 14.6 Å². The van der Waals surface area contributed by atoms with E-state index in [1.807, 2.05) is 17.9 Å². The summed E-state index contributed by atoms with van der Waals surface area (Å²) in [5.41, 5.74) is 2.32. The van der Waals surface area contributed by atoms with Gasteiger partial charge in [-0.3, -0.25) is 4.79 Å². The summed E-state index contributed by atoms with van der Waals surface area (Å²) in [7, 11) is 0. The van der Waals surface area contributed by atoms with Gasteiger partial charge in [0, 0.05) is 37.2 Å². The van der Waals surface area contributed by atoms with Crippen molar-refractivity contribution in [1.29, 1.82) is 0 Å². The van der Waals surface area contributed by atoms with Crippen LogP contribution in [-0.4, -0.2) is 29.8 Å². The Balaban J connectivity index is 1.37. The third-order valence-corrected chi connectivity index (χ3v) is 5.98. The molecule has 1 spiro atoms. The Morgan fingerprint density at radius 2 is 2.04 bits per heavy atom. The fraction of sp³-hybridized carbons (Fsp3) is 0.429. The Hall–Kier alpha value is -2.63. The number of Topliss-reactive ketones (excluding diaryl/α,β-unsaturated/α-hetero) is 1. The van der Waals surface area contributed by atoms with Gasteiger partial charge in [-0.2, -0.15) is 0 Å². The molecule has 0 bridgehead atoms. The van der Waals surface area contributed by atoms with Crippen molar-refractivity contribution in [2.24, 2.45) is 5.41 Å². The fourth-order valence-electron chi connectivity index (χ4n) is 4.28. The lowest BCUT2D eigenvalue weighted by Crippen LogP contribution is -2.49. The molecular weight excluding hydrogens is 347 g/mol. The van der Waals surface area contributed by atoms with Gasteiger partial charge in [-0.25, -0.2) is 9.18 Å². The maximum atomic E-state index is 13.4. The predicted octanol–water partition coefficient (Wildman–Crippen LogP) is 3.85. The molecule has 2 aliphatic rings. The van der Waals surface area contributed by atoms with Crippen molar-refractivity contribution in [1.82, 2.24) is 10.2 Å². The molecule has 1 N–H and O–H groups in total. The van der Waals surface area contributed by atoms with Gasteiger partial charge in [-0.1, -0.05) is 6.07 Å². The number of amides is 2. The van der Waals surface area contributed by atoms with Crippen molar-refractivity contribution in [3.63, 3.8) is 0 Å². The molecule has 0 saturated carbocycles. The molecule has 6 heteroatoms. The van der Waals surface area contributed by atoms with E-state index in [-0.39, 0.29) is 23.0 Å². The van der Waals surface area contributed by atoms with Crippen LogP contribution in [0.3, 0.4) is 0 Å². The lowest BCUT2D eigenvalue weighted by atomic mass is 9.66. The van der Waals surface area contributed by atoms with E-state index in [4.69, 9.17) is 4.42 Å². The number of halogens is 1. The Morgan fingerprint density at radius 1 is 1.26 bits per heavy atom. The number of fused-ring (bicyclic) bond motifs is 1. The van der Waals surface area contributed by atoms with Gasteiger partial charge in [0.25, 0.3) is 0 Å². The molecule has 5 nitrogen and oxygen atoms in total. The highest BCUT2D eigenvalue weighted by molar-refractivity contribution is 5.99. The van der Waals surface area contributed by atoms with E-state index in [1.165, 1.54) is 12.1 Å². The fourth-order valence-corrected chi connectivity index (χ4v) is 4.28. The van der Waals surface area contributed by atoms with E-state index in [0.29, 0.717) is 31.6 Å². The van der Waals surface area contributed by atoms with Crippen LogP contribution in [0, 0.1) is 18.2 Å². The van der Waals surface area contributed by atoms with E-state index in [1.54, 1.807) is 12.3 Å². The summed E-state index contributed by atoms with van der Waals surface area (Å²) in [6, 6.07) is 6.27. The lowest BCUT2D eigenvalue weighted by Gasteiger charge is -2.44. The molecule has 1 aliphatic carbocycles. The summed E-state index contributed by atoms with van der Waals surface area (Å²) in [5, 5.41) is 2.94. The van der Waals surface area contributed by atoms with E-state index in [9.17, 15) is 14.0 Å². The van der Waals surface area contributed by atoms with E-state index in [0.717, 1.165) is 36.1 Å². The second kappa shape index (κ2) is 6.83. The first-order valence-electron chi connectivity index (χ1n) is 9.33. The van der Waals surface area contributed by atoms with Gasteiger partial charge in [-0.15, -0.1) is 0 Å². The summed E-state index contributed by atoms with van der Waals surface area (Å²) in [4.78, 5) is 26.8. The summed E-state index contributed by atoms with van der Waals surface area (Å²) < 4.78 is 18.7. The average Bonchev–Trinajstić information content (AvgIpc) is 3.06. The number of hydrogen-bond donors (Lipinski definition) is 1. The number of carbonyl (C=O) groups excluding carboxylic acids is 2. The number of aryl methyl sites for hydroxylation is 1. The van der Waals surface area contributed by atoms with E-state index in [2.05, 4.69) is 5.32 Å². The zero-order valence-electron chi connectivity index (χ0n) is 15.4. The summed E-state index contributed by atoms with van der Waals surface area (Å²) in [6.07, 6.45) is 4.40. The minimum absolute atomic E-state index is 0.0177. The highest BCUT2D eigenvalue weighted by Crippen LogP contribution is 2.43. The number of nitrogens with zero attached hydrogens (tertiary/aromatic N) is 1. The number of furan rings is 1. The number of piperidine rings is 1. The Morgan fingerprint density at radius 3 is 2.74 bits per heavy atom. The van der Waals surface area contributed by atoms with Gasteiger partial charge in [0.05, 0.1) is 6.26 Å². The van der Waals surface area contributed by atoms with Gasteiger partial charge in [0.15, 0.2) is 5.78 Å². The Labute approximate surface area is 157 Å². The molecule has 2 amide bonds. The molecule has 0 radical (unpaired) electrons. The molecule has 0 unspecified atom stereocenters. The number of urea groups is 1. The number of carbonyl (C=O) groups is 2. The van der Waals surface area contributed by atoms with Crippen molar-refractivity contribution in [2.45, 2.75) is 39.2 Å². The first kappa shape index (κ1) is 17.8. The van der Waals surface area contributed by atoms with Crippen LogP contribution in [-0.2, 0) is 13.0 Å². The predicted molar refractivity (Wildman–Crippen MR) is 98.0 cm³/mol. The second-order valence-corrected chi connectivity index (χ2v) is 7.73. The first-order chi connectivity index (χ1) is 13.0. The topological polar surface area (TPSA) is 62.6 Å². The van der Waals surface area contributed by atoms with Gasteiger partial charge in [0.1, 0.15) is 11.6 Å². The van der Waals surface area contributed by atoms with Crippen LogP contribution < -0.4 is 5.32 Å². The quantitative estimate of drug-likeness (QED) is 0.873.